The van der Waals surface area contributed by atoms with E-state index in [-0.39, 0.29) is 0 Å². The van der Waals surface area contributed by atoms with Crippen molar-refractivity contribution in [2.75, 3.05) is 24.7 Å². The first-order chi connectivity index (χ1) is 6.18. The van der Waals surface area contributed by atoms with Crippen LogP contribution in [0.15, 0.2) is 0 Å². The first-order valence-corrected chi connectivity index (χ1v) is 5.47. The number of aliphatic carboxylic acids is 1. The van der Waals surface area contributed by atoms with Crippen LogP contribution in [0.5, 0.6) is 0 Å². The zero-order valence-corrected chi connectivity index (χ0v) is 8.68. The van der Waals surface area contributed by atoms with Crippen molar-refractivity contribution in [3.8, 4) is 0 Å². The monoisotopic (exact) mass is 207 g/mol. The van der Waals surface area contributed by atoms with Crippen molar-refractivity contribution in [3.63, 3.8) is 0 Å². The van der Waals surface area contributed by atoms with Gasteiger partial charge in [0.15, 0.2) is 0 Å². The van der Waals surface area contributed by atoms with Crippen LogP contribution < -0.4 is 5.73 Å². The fourth-order valence-electron chi connectivity index (χ4n) is 0.698. The van der Waals surface area contributed by atoms with Crippen molar-refractivity contribution in [3.05, 3.63) is 0 Å². The second-order valence-electron chi connectivity index (χ2n) is 2.54. The van der Waals surface area contributed by atoms with Gasteiger partial charge in [0.05, 0.1) is 6.61 Å². The first kappa shape index (κ1) is 12.7. The predicted molar refractivity (Wildman–Crippen MR) is 54.0 cm³/mol. The Morgan fingerprint density at radius 3 is 2.85 bits per heavy atom. The second kappa shape index (κ2) is 8.34. The molecule has 1 unspecified atom stereocenters. The van der Waals surface area contributed by atoms with Crippen LogP contribution in [0, 0.1) is 0 Å². The molecule has 0 saturated carbocycles. The van der Waals surface area contributed by atoms with Gasteiger partial charge in [-0.2, -0.15) is 11.8 Å². The summed E-state index contributed by atoms with van der Waals surface area (Å²) in [6, 6.07) is -0.723. The van der Waals surface area contributed by atoms with Crippen LogP contribution in [-0.4, -0.2) is 41.8 Å². The Balaban J connectivity index is 3.11. The molecule has 0 bridgehead atoms. The van der Waals surface area contributed by atoms with Gasteiger partial charge in [-0.3, -0.25) is 4.79 Å². The third kappa shape index (κ3) is 8.08. The summed E-state index contributed by atoms with van der Waals surface area (Å²) in [4.78, 5) is 10.3. The predicted octanol–water partition coefficient (Wildman–Crippen LogP) is 0.558. The Hall–Kier alpha value is -0.260. The second-order valence-corrected chi connectivity index (χ2v) is 3.77. The molecule has 0 aromatic carbocycles. The fourth-order valence-corrected chi connectivity index (χ4v) is 1.56. The average molecular weight is 207 g/mol. The minimum absolute atomic E-state index is 0.520. The van der Waals surface area contributed by atoms with E-state index in [4.69, 9.17) is 15.6 Å². The number of nitrogens with two attached hydrogens (primary N) is 1. The third-order valence-electron chi connectivity index (χ3n) is 1.47. The van der Waals surface area contributed by atoms with E-state index < -0.39 is 12.0 Å². The molecule has 0 aliphatic rings. The van der Waals surface area contributed by atoms with Gasteiger partial charge < -0.3 is 15.6 Å². The highest BCUT2D eigenvalue weighted by Gasteiger charge is 2.09. The molecule has 0 amide bonds. The molecule has 13 heavy (non-hydrogen) atoms. The van der Waals surface area contributed by atoms with E-state index >= 15 is 0 Å². The molecule has 1 atom stereocenters. The van der Waals surface area contributed by atoms with Crippen LogP contribution in [0.25, 0.3) is 0 Å². The zero-order valence-electron chi connectivity index (χ0n) is 7.86. The van der Waals surface area contributed by atoms with Crippen molar-refractivity contribution >= 4 is 17.7 Å². The van der Waals surface area contributed by atoms with Gasteiger partial charge in [0.25, 0.3) is 0 Å². The molecule has 0 aromatic rings. The molecule has 0 heterocycles. The molecule has 78 valence electrons. The summed E-state index contributed by atoms with van der Waals surface area (Å²) in [7, 11) is 0. The molecule has 0 spiro atoms. The standard InChI is InChI=1S/C8H17NO3S/c1-2-12-4-6-13-5-3-7(9)8(10)11/h7H,2-6,9H2,1H3,(H,10,11). The Labute approximate surface area is 82.8 Å². The highest BCUT2D eigenvalue weighted by Crippen LogP contribution is 2.03. The summed E-state index contributed by atoms with van der Waals surface area (Å²) in [6.07, 6.45) is 0.520. The lowest BCUT2D eigenvalue weighted by Gasteiger charge is -2.05. The number of carbonyl (C=O) groups is 1. The molecule has 0 aliphatic heterocycles. The number of carboxylic acid groups (broad SMARTS) is 1. The van der Waals surface area contributed by atoms with Gasteiger partial charge >= 0.3 is 5.97 Å². The van der Waals surface area contributed by atoms with Gasteiger partial charge in [0, 0.05) is 12.4 Å². The third-order valence-corrected chi connectivity index (χ3v) is 2.45. The Morgan fingerprint density at radius 1 is 1.62 bits per heavy atom. The normalized spacial score (nSPS) is 12.8. The maximum Gasteiger partial charge on any atom is 0.320 e. The quantitative estimate of drug-likeness (QED) is 0.569. The molecular weight excluding hydrogens is 190 g/mol. The molecule has 0 aliphatic carbocycles. The maximum absolute atomic E-state index is 10.3. The van der Waals surface area contributed by atoms with E-state index in [1.54, 1.807) is 11.8 Å². The first-order valence-electron chi connectivity index (χ1n) is 4.32. The van der Waals surface area contributed by atoms with Gasteiger partial charge in [0.2, 0.25) is 0 Å². The van der Waals surface area contributed by atoms with Crippen molar-refractivity contribution in [1.29, 1.82) is 0 Å². The Kier molecular flexibility index (Phi) is 8.18. The number of hydrogen-bond acceptors (Lipinski definition) is 4. The van der Waals surface area contributed by atoms with Crippen molar-refractivity contribution in [1.82, 2.24) is 0 Å². The topological polar surface area (TPSA) is 72.5 Å². The molecule has 0 aromatic heterocycles. The zero-order chi connectivity index (χ0) is 10.1. The van der Waals surface area contributed by atoms with E-state index in [1.807, 2.05) is 6.92 Å². The van der Waals surface area contributed by atoms with E-state index in [2.05, 4.69) is 0 Å². The highest BCUT2D eigenvalue weighted by molar-refractivity contribution is 7.99. The van der Waals surface area contributed by atoms with Gasteiger partial charge in [0.1, 0.15) is 6.04 Å². The lowest BCUT2D eigenvalue weighted by atomic mass is 10.2. The SMILES string of the molecule is CCOCCSCCC(N)C(=O)O. The largest absolute Gasteiger partial charge is 0.480 e. The van der Waals surface area contributed by atoms with Gasteiger partial charge in [-0.05, 0) is 19.1 Å². The Bertz CT molecular complexity index is 143. The minimum Gasteiger partial charge on any atom is -0.480 e. The number of hydrogen-bond donors (Lipinski definition) is 2. The van der Waals surface area contributed by atoms with E-state index in [1.165, 1.54) is 0 Å². The summed E-state index contributed by atoms with van der Waals surface area (Å²) in [5.41, 5.74) is 5.31. The summed E-state index contributed by atoms with van der Waals surface area (Å²) in [5.74, 6) is 0.756. The van der Waals surface area contributed by atoms with E-state index in [0.717, 1.165) is 24.7 Å². The molecule has 3 N–H and O–H groups in total. The van der Waals surface area contributed by atoms with Crippen molar-refractivity contribution in [2.24, 2.45) is 5.73 Å². The minimum atomic E-state index is -0.926. The molecule has 0 radical (unpaired) electrons. The smallest absolute Gasteiger partial charge is 0.320 e. The van der Waals surface area contributed by atoms with E-state index in [9.17, 15) is 4.79 Å². The number of carboxylic acids is 1. The molecule has 0 rings (SSSR count). The molecule has 5 heteroatoms. The molecule has 4 nitrogen and oxygen atoms in total. The maximum atomic E-state index is 10.3. The van der Waals surface area contributed by atoms with Crippen molar-refractivity contribution in [2.45, 2.75) is 19.4 Å². The van der Waals surface area contributed by atoms with Crippen LogP contribution in [0.2, 0.25) is 0 Å². The summed E-state index contributed by atoms with van der Waals surface area (Å²) in [6.45, 7) is 3.41. The lowest BCUT2D eigenvalue weighted by Crippen LogP contribution is -2.30. The average Bonchev–Trinajstić information content (AvgIpc) is 2.10. The van der Waals surface area contributed by atoms with Crippen LogP contribution in [0.4, 0.5) is 0 Å². The Morgan fingerprint density at radius 2 is 2.31 bits per heavy atom. The lowest BCUT2D eigenvalue weighted by molar-refractivity contribution is -0.138. The van der Waals surface area contributed by atoms with Gasteiger partial charge in [-0.15, -0.1) is 0 Å². The molecule has 0 fully saturated rings. The van der Waals surface area contributed by atoms with E-state index in [0.29, 0.717) is 6.42 Å². The summed E-state index contributed by atoms with van der Waals surface area (Å²) in [5, 5.41) is 8.46. The van der Waals surface area contributed by atoms with Crippen LogP contribution >= 0.6 is 11.8 Å². The van der Waals surface area contributed by atoms with Gasteiger partial charge in [-0.25, -0.2) is 0 Å². The molecular formula is C8H17NO3S. The van der Waals surface area contributed by atoms with Gasteiger partial charge in [-0.1, -0.05) is 0 Å². The highest BCUT2D eigenvalue weighted by atomic mass is 32.2. The van der Waals surface area contributed by atoms with Crippen LogP contribution in [-0.2, 0) is 9.53 Å². The van der Waals surface area contributed by atoms with Crippen molar-refractivity contribution < 1.29 is 14.6 Å². The number of ether oxygens (including phenoxy) is 1. The summed E-state index contributed by atoms with van der Waals surface area (Å²) < 4.78 is 5.12. The summed E-state index contributed by atoms with van der Waals surface area (Å²) >= 11 is 1.67. The van der Waals surface area contributed by atoms with Crippen LogP contribution in [0.3, 0.4) is 0 Å². The number of rotatable bonds is 8. The number of thioether (sulfide) groups is 1. The fraction of sp³-hybridized carbons (Fsp3) is 0.875. The molecule has 0 saturated heterocycles. The van der Waals surface area contributed by atoms with Crippen LogP contribution in [0.1, 0.15) is 13.3 Å².